The van der Waals surface area contributed by atoms with Crippen molar-refractivity contribution in [3.8, 4) is 0 Å². The molecule has 2 saturated heterocycles. The van der Waals surface area contributed by atoms with Crippen molar-refractivity contribution >= 4 is 42.3 Å². The van der Waals surface area contributed by atoms with Gasteiger partial charge in [-0.2, -0.15) is 0 Å². The van der Waals surface area contributed by atoms with E-state index in [-0.39, 0.29) is 42.9 Å². The molecular weight excluding hydrogens is 403 g/mol. The highest BCUT2D eigenvalue weighted by molar-refractivity contribution is 6.08. The summed E-state index contributed by atoms with van der Waals surface area (Å²) in [5, 5.41) is 13.5. The van der Waals surface area contributed by atoms with Gasteiger partial charge in [0.1, 0.15) is 0 Å². The number of rotatable bonds is 6. The van der Waals surface area contributed by atoms with Crippen LogP contribution in [0.25, 0.3) is 0 Å². The van der Waals surface area contributed by atoms with Crippen LogP contribution in [0.2, 0.25) is 0 Å². The van der Waals surface area contributed by atoms with Crippen molar-refractivity contribution in [3.63, 3.8) is 0 Å². The summed E-state index contributed by atoms with van der Waals surface area (Å²) in [6, 6.07) is 3.92. The number of nitrogens with one attached hydrogen (secondary N) is 1. The first-order valence-corrected chi connectivity index (χ1v) is 9.48. The van der Waals surface area contributed by atoms with Gasteiger partial charge in [0, 0.05) is 50.7 Å². The highest BCUT2D eigenvalue weighted by atomic mass is 35.5. The molecule has 2 aliphatic heterocycles. The molecule has 0 spiro atoms. The van der Waals surface area contributed by atoms with Gasteiger partial charge in [-0.05, 0) is 44.0 Å². The molecule has 9 heteroatoms. The van der Waals surface area contributed by atoms with Crippen LogP contribution in [0.3, 0.4) is 0 Å². The number of ketones is 1. The molecule has 7 nitrogen and oxygen atoms in total. The molecule has 3 heterocycles. The zero-order valence-corrected chi connectivity index (χ0v) is 17.8. The van der Waals surface area contributed by atoms with E-state index in [4.69, 9.17) is 0 Å². The Kier molecular flexibility index (Phi) is 9.63. The Labute approximate surface area is 178 Å². The first kappa shape index (κ1) is 24.6. The highest BCUT2D eigenvalue weighted by Gasteiger charge is 2.55. The number of pyridine rings is 1. The molecule has 2 fully saturated rings. The maximum absolute atomic E-state index is 13.0. The summed E-state index contributed by atoms with van der Waals surface area (Å²) < 4.78 is 0. The molecule has 0 radical (unpaired) electrons. The van der Waals surface area contributed by atoms with Crippen LogP contribution in [-0.2, 0) is 9.59 Å². The first-order valence-electron chi connectivity index (χ1n) is 9.48. The van der Waals surface area contributed by atoms with Crippen molar-refractivity contribution in [2.45, 2.75) is 31.7 Å². The number of Topliss-reactive ketones (excluding diaryl/α,β-unsaturated/α-hetero) is 1. The number of aromatic nitrogens is 1. The number of carbonyl (C=O) groups is 2. The van der Waals surface area contributed by atoms with Crippen LogP contribution < -0.4 is 10.2 Å². The first-order chi connectivity index (χ1) is 12.6. The van der Waals surface area contributed by atoms with Crippen molar-refractivity contribution in [2.75, 3.05) is 44.2 Å². The molecule has 1 atom stereocenters. The average Bonchev–Trinajstić information content (AvgIpc) is 2.70. The molecule has 0 amide bonds. The third-order valence-corrected chi connectivity index (χ3v) is 5.81. The Hall–Kier alpha value is -1.41. The highest BCUT2D eigenvalue weighted by Crippen LogP contribution is 2.35. The van der Waals surface area contributed by atoms with Gasteiger partial charge in [-0.15, -0.1) is 24.8 Å². The third kappa shape index (κ3) is 4.59. The predicted molar refractivity (Wildman–Crippen MR) is 114 cm³/mol. The number of piperazine rings is 1. The van der Waals surface area contributed by atoms with Crippen LogP contribution in [0.4, 0.5) is 5.69 Å². The standard InChI is InChI=1S/C19H28N4O3.2ClH/c1-2-17(24)19(18(25)26,15-3-7-20-8-4-15)23-13-11-22(12-14-23)16-5-9-21-10-6-16;;/h5-6,9-10,15,20H,2-4,7-8,11-14H2,1H3,(H,25,26);2*1H. The van der Waals surface area contributed by atoms with Gasteiger partial charge >= 0.3 is 5.97 Å². The zero-order valence-electron chi connectivity index (χ0n) is 16.2. The molecule has 28 heavy (non-hydrogen) atoms. The van der Waals surface area contributed by atoms with E-state index < -0.39 is 11.5 Å². The fourth-order valence-corrected chi connectivity index (χ4v) is 4.47. The molecule has 1 unspecified atom stereocenters. The lowest BCUT2D eigenvalue weighted by molar-refractivity contribution is -0.164. The molecule has 0 aromatic carbocycles. The van der Waals surface area contributed by atoms with Crippen LogP contribution in [0.15, 0.2) is 24.5 Å². The Morgan fingerprint density at radius 1 is 1.14 bits per heavy atom. The van der Waals surface area contributed by atoms with Crippen molar-refractivity contribution in [1.82, 2.24) is 15.2 Å². The lowest BCUT2D eigenvalue weighted by Crippen LogP contribution is -2.69. The minimum atomic E-state index is -1.39. The summed E-state index contributed by atoms with van der Waals surface area (Å²) in [6.07, 6.45) is 5.23. The van der Waals surface area contributed by atoms with Gasteiger partial charge in [-0.25, -0.2) is 4.79 Å². The van der Waals surface area contributed by atoms with E-state index in [0.29, 0.717) is 26.2 Å². The summed E-state index contributed by atoms with van der Waals surface area (Å²) in [7, 11) is 0. The molecule has 1 aromatic rings. The average molecular weight is 433 g/mol. The molecule has 0 saturated carbocycles. The fraction of sp³-hybridized carbons (Fsp3) is 0.632. The number of hydrogen-bond acceptors (Lipinski definition) is 6. The number of halogens is 2. The summed E-state index contributed by atoms with van der Waals surface area (Å²) in [4.78, 5) is 33.6. The number of hydrogen-bond donors (Lipinski definition) is 2. The second kappa shape index (κ2) is 11.0. The normalized spacial score (nSPS) is 20.4. The molecule has 1 aromatic heterocycles. The Balaban J connectivity index is 0.00000196. The van der Waals surface area contributed by atoms with Crippen LogP contribution >= 0.6 is 24.8 Å². The maximum Gasteiger partial charge on any atom is 0.332 e. The van der Waals surface area contributed by atoms with Gasteiger partial charge < -0.3 is 15.3 Å². The molecule has 0 bridgehead atoms. The van der Waals surface area contributed by atoms with Gasteiger partial charge in [0.05, 0.1) is 0 Å². The summed E-state index contributed by atoms with van der Waals surface area (Å²) >= 11 is 0. The Bertz CT molecular complexity index is 635. The monoisotopic (exact) mass is 432 g/mol. The van der Waals surface area contributed by atoms with Crippen molar-refractivity contribution in [2.24, 2.45) is 5.92 Å². The van der Waals surface area contributed by atoms with Crippen molar-refractivity contribution < 1.29 is 14.7 Å². The number of aliphatic carboxylic acids is 1. The largest absolute Gasteiger partial charge is 0.480 e. The quantitative estimate of drug-likeness (QED) is 0.663. The van der Waals surface area contributed by atoms with Gasteiger partial charge in [0.2, 0.25) is 0 Å². The lowest BCUT2D eigenvalue weighted by atomic mass is 9.72. The third-order valence-electron chi connectivity index (χ3n) is 5.81. The number of carboxylic acids is 1. The topological polar surface area (TPSA) is 85.8 Å². The number of piperidine rings is 1. The van der Waals surface area contributed by atoms with E-state index in [2.05, 4.69) is 15.2 Å². The Morgan fingerprint density at radius 3 is 2.21 bits per heavy atom. The second-order valence-corrected chi connectivity index (χ2v) is 7.05. The number of anilines is 1. The van der Waals surface area contributed by atoms with E-state index in [1.165, 1.54) is 0 Å². The van der Waals surface area contributed by atoms with Crippen LogP contribution in [0, 0.1) is 5.92 Å². The molecular formula is C19H30Cl2N4O3. The predicted octanol–water partition coefficient (Wildman–Crippen LogP) is 1.85. The van der Waals surface area contributed by atoms with Gasteiger partial charge in [0.15, 0.2) is 11.3 Å². The fourth-order valence-electron chi connectivity index (χ4n) is 4.47. The Morgan fingerprint density at radius 2 is 1.71 bits per heavy atom. The minimum absolute atomic E-state index is 0. The van der Waals surface area contributed by atoms with E-state index in [0.717, 1.165) is 31.6 Å². The van der Waals surface area contributed by atoms with Gasteiger partial charge in [-0.1, -0.05) is 6.92 Å². The van der Waals surface area contributed by atoms with E-state index in [9.17, 15) is 14.7 Å². The zero-order chi connectivity index (χ0) is 18.6. The van der Waals surface area contributed by atoms with Gasteiger partial charge in [-0.3, -0.25) is 14.7 Å². The van der Waals surface area contributed by atoms with Gasteiger partial charge in [0.25, 0.3) is 0 Å². The van der Waals surface area contributed by atoms with E-state index in [1.807, 2.05) is 17.0 Å². The SMILES string of the molecule is CCC(=O)C(C(=O)O)(C1CCNCC1)N1CCN(c2ccncc2)CC1.Cl.Cl. The number of carbonyl (C=O) groups excluding carboxylic acids is 1. The molecule has 0 aliphatic carbocycles. The smallest absolute Gasteiger partial charge is 0.332 e. The van der Waals surface area contributed by atoms with E-state index >= 15 is 0 Å². The molecule has 3 rings (SSSR count). The second-order valence-electron chi connectivity index (χ2n) is 7.05. The minimum Gasteiger partial charge on any atom is -0.480 e. The number of carboxylic acid groups (broad SMARTS) is 1. The summed E-state index contributed by atoms with van der Waals surface area (Å²) in [6.45, 7) is 5.88. The van der Waals surface area contributed by atoms with Crippen LogP contribution in [0.1, 0.15) is 26.2 Å². The summed E-state index contributed by atoms with van der Waals surface area (Å²) in [5.41, 5.74) is -0.300. The molecule has 158 valence electrons. The van der Waals surface area contributed by atoms with Crippen molar-refractivity contribution in [1.29, 1.82) is 0 Å². The van der Waals surface area contributed by atoms with Crippen molar-refractivity contribution in [3.05, 3.63) is 24.5 Å². The number of nitrogens with zero attached hydrogens (tertiary/aromatic N) is 3. The van der Waals surface area contributed by atoms with Crippen LogP contribution in [0.5, 0.6) is 0 Å². The van der Waals surface area contributed by atoms with E-state index in [1.54, 1.807) is 19.3 Å². The molecule has 2 aliphatic rings. The van der Waals surface area contributed by atoms with Crippen LogP contribution in [-0.4, -0.2) is 71.6 Å². The summed E-state index contributed by atoms with van der Waals surface area (Å²) in [5.74, 6) is -1.27. The lowest BCUT2D eigenvalue weighted by Gasteiger charge is -2.49. The maximum atomic E-state index is 13.0. The molecule has 2 N–H and O–H groups in total.